The summed E-state index contributed by atoms with van der Waals surface area (Å²) in [6.45, 7) is -0.450. The number of carbonyl (C=O) groups is 1. The third kappa shape index (κ3) is 7.42. The van der Waals surface area contributed by atoms with Crippen LogP contribution in [0.1, 0.15) is 6.42 Å². The number of aliphatic hydroxyl groups excluding tert-OH is 1. The molecule has 0 aliphatic rings. The Morgan fingerprint density at radius 1 is 1.33 bits per heavy atom. The van der Waals surface area contributed by atoms with Gasteiger partial charge in [-0.25, -0.2) is 0 Å². The monoisotopic (exact) mass is 179 g/mol. The van der Waals surface area contributed by atoms with Crippen LogP contribution in [0.25, 0.3) is 0 Å². The van der Waals surface area contributed by atoms with Crippen LogP contribution in [0.15, 0.2) is 0 Å². The summed E-state index contributed by atoms with van der Waals surface area (Å²) < 4.78 is 13.5. The lowest BCUT2D eigenvalue weighted by Crippen LogP contribution is -2.14. The first-order valence-corrected chi connectivity index (χ1v) is 3.43. The quantitative estimate of drug-likeness (QED) is 0.289. The highest BCUT2D eigenvalue weighted by molar-refractivity contribution is 5.69. The summed E-state index contributed by atoms with van der Waals surface area (Å²) in [6, 6.07) is 0. The van der Waals surface area contributed by atoms with Gasteiger partial charge < -0.3 is 25.1 Å². The molecule has 0 amide bonds. The van der Waals surface area contributed by atoms with Crippen LogP contribution in [-0.4, -0.2) is 38.0 Å². The molecule has 0 heterocycles. The van der Waals surface area contributed by atoms with Crippen molar-refractivity contribution in [2.75, 3.05) is 26.9 Å². The van der Waals surface area contributed by atoms with E-state index in [1.165, 1.54) is 0 Å². The molecule has 0 unspecified atom stereocenters. The molecule has 0 fully saturated rings. The molecule has 0 atom stereocenters. The minimum atomic E-state index is -0.420. The van der Waals surface area contributed by atoms with Gasteiger partial charge in [0.15, 0.2) is 13.6 Å². The van der Waals surface area contributed by atoms with Crippen molar-refractivity contribution in [2.24, 2.45) is 5.73 Å². The predicted molar refractivity (Wildman–Crippen MR) is 38.8 cm³/mol. The van der Waals surface area contributed by atoms with Crippen molar-refractivity contribution in [3.63, 3.8) is 0 Å². The Morgan fingerprint density at radius 3 is 2.67 bits per heavy atom. The predicted octanol–water partition coefficient (Wildman–Crippen LogP) is -1.22. The molecule has 0 aliphatic carbocycles. The molecule has 0 aliphatic heterocycles. The maximum Gasteiger partial charge on any atom is 0.309 e. The number of aliphatic hydroxyl groups is 1. The van der Waals surface area contributed by atoms with E-state index in [9.17, 15) is 4.79 Å². The Bertz CT molecular complexity index is 119. The lowest BCUT2D eigenvalue weighted by Gasteiger charge is -2.04. The fourth-order valence-corrected chi connectivity index (χ4v) is 0.428. The van der Waals surface area contributed by atoms with E-state index < -0.39 is 12.8 Å². The van der Waals surface area contributed by atoms with Gasteiger partial charge in [0.25, 0.3) is 0 Å². The molecule has 0 saturated heterocycles. The van der Waals surface area contributed by atoms with Crippen molar-refractivity contribution in [2.45, 2.75) is 6.42 Å². The summed E-state index contributed by atoms with van der Waals surface area (Å²) in [4.78, 5) is 10.6. The molecule has 0 rings (SSSR count). The first-order chi connectivity index (χ1) is 5.81. The second-order valence-electron chi connectivity index (χ2n) is 1.83. The molecular weight excluding hydrogens is 166 g/mol. The van der Waals surface area contributed by atoms with Gasteiger partial charge in [-0.05, 0) is 0 Å². The van der Waals surface area contributed by atoms with Crippen molar-refractivity contribution >= 4 is 5.97 Å². The van der Waals surface area contributed by atoms with Crippen LogP contribution < -0.4 is 5.73 Å². The number of esters is 1. The summed E-state index contributed by atoms with van der Waals surface area (Å²) in [5.41, 5.74) is 5.08. The number of hydrogen-bond donors (Lipinski definition) is 2. The largest absolute Gasteiger partial charge is 0.438 e. The van der Waals surface area contributed by atoms with Gasteiger partial charge in [-0.2, -0.15) is 0 Å². The van der Waals surface area contributed by atoms with Crippen molar-refractivity contribution in [3.05, 3.63) is 0 Å². The zero-order valence-corrected chi connectivity index (χ0v) is 6.69. The molecule has 0 radical (unpaired) electrons. The van der Waals surface area contributed by atoms with Gasteiger partial charge in [0, 0.05) is 6.54 Å². The van der Waals surface area contributed by atoms with Gasteiger partial charge >= 0.3 is 5.97 Å². The second-order valence-corrected chi connectivity index (χ2v) is 1.83. The van der Waals surface area contributed by atoms with E-state index in [0.29, 0.717) is 0 Å². The molecule has 0 aromatic rings. The van der Waals surface area contributed by atoms with Crippen LogP contribution in [0.5, 0.6) is 0 Å². The summed E-state index contributed by atoms with van der Waals surface area (Å²) in [6.07, 6.45) is 0.171. The highest BCUT2D eigenvalue weighted by Gasteiger charge is 1.99. The molecular formula is C6H13NO5. The third-order valence-corrected chi connectivity index (χ3v) is 0.910. The molecule has 12 heavy (non-hydrogen) atoms. The van der Waals surface area contributed by atoms with E-state index in [2.05, 4.69) is 14.2 Å². The maximum absolute atomic E-state index is 10.6. The normalized spacial score (nSPS) is 9.83. The van der Waals surface area contributed by atoms with E-state index in [4.69, 9.17) is 10.8 Å². The SMILES string of the molecule is NCCC(=O)OCOCOCO. The molecule has 0 spiro atoms. The van der Waals surface area contributed by atoms with Crippen LogP contribution in [-0.2, 0) is 19.0 Å². The first-order valence-electron chi connectivity index (χ1n) is 3.43. The van der Waals surface area contributed by atoms with Crippen LogP contribution in [0.3, 0.4) is 0 Å². The number of carbonyl (C=O) groups excluding carboxylic acids is 1. The molecule has 6 nitrogen and oxygen atoms in total. The number of rotatable bonds is 7. The molecule has 0 saturated carbocycles. The zero-order valence-electron chi connectivity index (χ0n) is 6.69. The second kappa shape index (κ2) is 8.41. The Balaban J connectivity index is 3.03. The summed E-state index contributed by atoms with van der Waals surface area (Å²) in [5.74, 6) is -0.415. The van der Waals surface area contributed by atoms with Gasteiger partial charge in [0.1, 0.15) is 6.79 Å². The average Bonchev–Trinajstić information content (AvgIpc) is 2.05. The van der Waals surface area contributed by atoms with Gasteiger partial charge in [0.05, 0.1) is 6.42 Å². The van der Waals surface area contributed by atoms with E-state index >= 15 is 0 Å². The van der Waals surface area contributed by atoms with Gasteiger partial charge in [-0.3, -0.25) is 4.79 Å². The number of hydrogen-bond acceptors (Lipinski definition) is 6. The number of ether oxygens (including phenoxy) is 3. The maximum atomic E-state index is 10.6. The van der Waals surface area contributed by atoms with E-state index in [1.54, 1.807) is 0 Å². The Labute approximate surface area is 70.2 Å². The van der Waals surface area contributed by atoms with Crippen LogP contribution in [0.4, 0.5) is 0 Å². The lowest BCUT2D eigenvalue weighted by atomic mass is 10.4. The standard InChI is InChI=1S/C6H13NO5/c7-2-1-6(9)12-5-11-4-10-3-8/h8H,1-5,7H2. The highest BCUT2D eigenvalue weighted by Crippen LogP contribution is 1.85. The topological polar surface area (TPSA) is 91.0 Å². The van der Waals surface area contributed by atoms with Gasteiger partial charge in [0.2, 0.25) is 0 Å². The molecule has 6 heteroatoms. The summed E-state index contributed by atoms with van der Waals surface area (Å²) >= 11 is 0. The third-order valence-electron chi connectivity index (χ3n) is 0.910. The fraction of sp³-hybridized carbons (Fsp3) is 0.833. The molecule has 72 valence electrons. The molecule has 0 bridgehead atoms. The lowest BCUT2D eigenvalue weighted by molar-refractivity contribution is -0.176. The molecule has 3 N–H and O–H groups in total. The van der Waals surface area contributed by atoms with Gasteiger partial charge in [-0.1, -0.05) is 0 Å². The van der Waals surface area contributed by atoms with Crippen LogP contribution >= 0.6 is 0 Å². The first kappa shape index (κ1) is 11.3. The summed E-state index contributed by atoms with van der Waals surface area (Å²) in [7, 11) is 0. The van der Waals surface area contributed by atoms with E-state index in [1.807, 2.05) is 0 Å². The Hall–Kier alpha value is -0.690. The Morgan fingerprint density at radius 2 is 2.08 bits per heavy atom. The fourth-order valence-electron chi connectivity index (χ4n) is 0.428. The minimum absolute atomic E-state index is 0.105. The van der Waals surface area contributed by atoms with Crippen LogP contribution in [0.2, 0.25) is 0 Å². The zero-order chi connectivity index (χ0) is 9.23. The van der Waals surface area contributed by atoms with Gasteiger partial charge in [-0.15, -0.1) is 0 Å². The van der Waals surface area contributed by atoms with Crippen molar-refractivity contribution in [1.29, 1.82) is 0 Å². The van der Waals surface area contributed by atoms with Crippen molar-refractivity contribution < 1.29 is 24.1 Å². The van der Waals surface area contributed by atoms with E-state index in [0.717, 1.165) is 0 Å². The van der Waals surface area contributed by atoms with Crippen molar-refractivity contribution in [1.82, 2.24) is 0 Å². The molecule has 0 aromatic carbocycles. The highest BCUT2D eigenvalue weighted by atomic mass is 16.8. The van der Waals surface area contributed by atoms with Crippen molar-refractivity contribution in [3.8, 4) is 0 Å². The minimum Gasteiger partial charge on any atom is -0.438 e. The van der Waals surface area contributed by atoms with E-state index in [-0.39, 0.29) is 26.6 Å². The number of nitrogens with two attached hydrogens (primary N) is 1. The summed E-state index contributed by atoms with van der Waals surface area (Å²) in [5, 5.41) is 8.13. The van der Waals surface area contributed by atoms with Crippen LogP contribution in [0, 0.1) is 0 Å². The molecule has 0 aromatic heterocycles. The Kier molecular flexibility index (Phi) is 7.92. The average molecular weight is 179 g/mol. The smallest absolute Gasteiger partial charge is 0.309 e.